The Morgan fingerprint density at radius 2 is 1.89 bits per heavy atom. The molecule has 0 unspecified atom stereocenters. The first kappa shape index (κ1) is 25.0. The van der Waals surface area contributed by atoms with Crippen molar-refractivity contribution in [2.75, 3.05) is 31.7 Å². The molecule has 1 atom stereocenters. The van der Waals surface area contributed by atoms with Crippen molar-refractivity contribution in [3.05, 3.63) is 60.2 Å². The zero-order valence-electron chi connectivity index (χ0n) is 20.9. The first-order chi connectivity index (χ1) is 17.7. The molecule has 0 radical (unpaired) electrons. The summed E-state index contributed by atoms with van der Waals surface area (Å²) in [5, 5.41) is 15.0. The number of anilines is 1. The average molecular weight is 511 g/mol. The van der Waals surface area contributed by atoms with E-state index in [4.69, 9.17) is 19.4 Å². The van der Waals surface area contributed by atoms with E-state index in [9.17, 15) is 13.9 Å². The number of ether oxygens (including phenoxy) is 2. The van der Waals surface area contributed by atoms with Crippen LogP contribution in [0.3, 0.4) is 0 Å². The lowest BCUT2D eigenvalue weighted by molar-refractivity contribution is -0.0238. The summed E-state index contributed by atoms with van der Waals surface area (Å²) in [4.78, 5) is 16.3. The van der Waals surface area contributed by atoms with Crippen LogP contribution >= 0.6 is 0 Å². The maximum Gasteiger partial charge on any atom is 0.167 e. The molecule has 0 amide bonds. The van der Waals surface area contributed by atoms with Crippen LogP contribution in [0.25, 0.3) is 22.3 Å². The molecule has 37 heavy (non-hydrogen) atoms. The Kier molecular flexibility index (Phi) is 6.74. The van der Waals surface area contributed by atoms with Crippen molar-refractivity contribution in [2.24, 2.45) is 7.05 Å². The smallest absolute Gasteiger partial charge is 0.167 e. The number of methoxy groups -OCH3 is 1. The molecule has 4 heterocycles. The number of halogens is 2. The number of piperidine rings is 1. The molecular weight excluding hydrogens is 482 g/mol. The van der Waals surface area contributed by atoms with Crippen molar-refractivity contribution in [3.8, 4) is 17.0 Å². The minimum Gasteiger partial charge on any atom is -0.487 e. The van der Waals surface area contributed by atoms with E-state index in [1.165, 1.54) is 19.2 Å². The largest absolute Gasteiger partial charge is 0.487 e. The molecule has 4 aromatic rings. The van der Waals surface area contributed by atoms with Gasteiger partial charge < -0.3 is 19.5 Å². The van der Waals surface area contributed by atoms with Crippen molar-refractivity contribution in [3.63, 3.8) is 0 Å². The van der Waals surface area contributed by atoms with E-state index in [0.717, 1.165) is 11.6 Å². The summed E-state index contributed by atoms with van der Waals surface area (Å²) in [7, 11) is 3.35. The van der Waals surface area contributed by atoms with Gasteiger partial charge in [0.1, 0.15) is 28.7 Å². The fourth-order valence-corrected chi connectivity index (χ4v) is 4.49. The van der Waals surface area contributed by atoms with Crippen LogP contribution in [0.4, 0.5) is 14.6 Å². The Balaban J connectivity index is 1.44. The summed E-state index contributed by atoms with van der Waals surface area (Å²) in [5.41, 5.74) is 1.81. The van der Waals surface area contributed by atoms with Crippen LogP contribution in [0.15, 0.2) is 42.9 Å². The van der Waals surface area contributed by atoms with E-state index < -0.39 is 17.2 Å². The molecule has 9 nitrogen and oxygen atoms in total. The SMILES string of the molecule is COC[C@](C)(O)c1cc2nc(-c3cnn(C)c3)c(N3CCC(Oc4ccc(F)cc4F)CC3)nc2cn1. The minimum atomic E-state index is -1.27. The van der Waals surface area contributed by atoms with Crippen molar-refractivity contribution in [2.45, 2.75) is 31.5 Å². The van der Waals surface area contributed by atoms with E-state index in [2.05, 4.69) is 15.0 Å². The van der Waals surface area contributed by atoms with Gasteiger partial charge in [0, 0.05) is 57.9 Å². The topological polar surface area (TPSA) is 98.4 Å². The number of aliphatic hydroxyl groups is 1. The van der Waals surface area contributed by atoms with Gasteiger partial charge in [-0.05, 0) is 25.1 Å². The Bertz CT molecular complexity index is 1420. The number of aryl methyl sites for hydroxylation is 1. The lowest BCUT2D eigenvalue weighted by atomic mass is 10.0. The third-order valence-corrected chi connectivity index (χ3v) is 6.42. The van der Waals surface area contributed by atoms with Crippen LogP contribution in [0.5, 0.6) is 5.75 Å². The molecule has 3 aromatic heterocycles. The van der Waals surface area contributed by atoms with Gasteiger partial charge in [-0.25, -0.2) is 18.7 Å². The molecule has 1 saturated heterocycles. The van der Waals surface area contributed by atoms with Gasteiger partial charge in [0.2, 0.25) is 0 Å². The number of aromatic nitrogens is 5. The first-order valence-electron chi connectivity index (χ1n) is 12.0. The monoisotopic (exact) mass is 510 g/mol. The number of hydrogen-bond acceptors (Lipinski definition) is 8. The van der Waals surface area contributed by atoms with E-state index in [1.807, 2.05) is 13.2 Å². The molecule has 0 spiro atoms. The van der Waals surface area contributed by atoms with E-state index in [0.29, 0.717) is 54.2 Å². The van der Waals surface area contributed by atoms with E-state index in [-0.39, 0.29) is 18.5 Å². The fraction of sp³-hybridized carbons (Fsp3) is 0.385. The molecule has 1 fully saturated rings. The number of pyridine rings is 1. The van der Waals surface area contributed by atoms with E-state index in [1.54, 1.807) is 30.1 Å². The van der Waals surface area contributed by atoms with Gasteiger partial charge in [-0.1, -0.05) is 0 Å². The highest BCUT2D eigenvalue weighted by molar-refractivity contribution is 5.83. The number of rotatable bonds is 7. The molecular formula is C26H28F2N6O3. The Morgan fingerprint density at radius 3 is 2.57 bits per heavy atom. The minimum absolute atomic E-state index is 0.0487. The molecule has 194 valence electrons. The van der Waals surface area contributed by atoms with Crippen LogP contribution in [0.2, 0.25) is 0 Å². The number of fused-ring (bicyclic) bond motifs is 1. The number of benzene rings is 1. The molecule has 0 aliphatic carbocycles. The van der Waals surface area contributed by atoms with Crippen LogP contribution in [0.1, 0.15) is 25.5 Å². The van der Waals surface area contributed by atoms with Gasteiger partial charge in [-0.2, -0.15) is 5.10 Å². The Morgan fingerprint density at radius 1 is 1.11 bits per heavy atom. The van der Waals surface area contributed by atoms with E-state index >= 15 is 0 Å². The molecule has 11 heteroatoms. The summed E-state index contributed by atoms with van der Waals surface area (Å²) >= 11 is 0. The molecule has 1 aromatic carbocycles. The molecule has 5 rings (SSSR count). The maximum atomic E-state index is 14.1. The number of nitrogens with zero attached hydrogens (tertiary/aromatic N) is 6. The standard InChI is InChI=1S/C26H28F2N6O3/c1-26(35,15-36-3)23-11-20-21(13-29-23)32-25(24(31-20)16-12-30-33(2)14-16)34-8-6-18(7-9-34)37-22-5-4-17(27)10-19(22)28/h4-5,10-14,18,35H,6-9,15H2,1-3H3/t26-/m0/s1. The van der Waals surface area contributed by atoms with Crippen molar-refractivity contribution in [1.82, 2.24) is 24.7 Å². The first-order valence-corrected chi connectivity index (χ1v) is 12.0. The Hall–Kier alpha value is -3.70. The second-order valence-corrected chi connectivity index (χ2v) is 9.44. The molecule has 0 saturated carbocycles. The highest BCUT2D eigenvalue weighted by Crippen LogP contribution is 2.33. The quantitative estimate of drug-likeness (QED) is 0.403. The fourth-order valence-electron chi connectivity index (χ4n) is 4.49. The summed E-state index contributed by atoms with van der Waals surface area (Å²) in [5.74, 6) is -0.614. The van der Waals surface area contributed by atoms with Crippen LogP contribution in [0, 0.1) is 11.6 Å². The summed E-state index contributed by atoms with van der Waals surface area (Å²) in [6.07, 6.45) is 6.25. The third kappa shape index (κ3) is 5.23. The zero-order chi connectivity index (χ0) is 26.2. The summed E-state index contributed by atoms with van der Waals surface area (Å²) in [6, 6.07) is 5.05. The molecule has 1 N–H and O–H groups in total. The Labute approximate surface area is 212 Å². The molecule has 1 aliphatic rings. The summed E-state index contributed by atoms with van der Waals surface area (Å²) in [6.45, 7) is 2.94. The normalized spacial score (nSPS) is 16.2. The predicted octanol–water partition coefficient (Wildman–Crippen LogP) is 3.61. The van der Waals surface area contributed by atoms with Crippen LogP contribution < -0.4 is 9.64 Å². The zero-order valence-corrected chi connectivity index (χ0v) is 20.9. The number of hydrogen-bond donors (Lipinski definition) is 1. The second kappa shape index (κ2) is 9.98. The van der Waals surface area contributed by atoms with Crippen LogP contribution in [-0.4, -0.2) is 62.7 Å². The third-order valence-electron chi connectivity index (χ3n) is 6.42. The molecule has 1 aliphatic heterocycles. The summed E-state index contributed by atoms with van der Waals surface area (Å²) < 4.78 is 39.9. The van der Waals surface area contributed by atoms with Crippen molar-refractivity contribution < 1.29 is 23.4 Å². The van der Waals surface area contributed by atoms with Gasteiger partial charge in [-0.3, -0.25) is 9.67 Å². The van der Waals surface area contributed by atoms with Gasteiger partial charge in [0.25, 0.3) is 0 Å². The molecule has 0 bridgehead atoms. The van der Waals surface area contributed by atoms with Gasteiger partial charge in [-0.15, -0.1) is 0 Å². The van der Waals surface area contributed by atoms with Gasteiger partial charge in [0.05, 0.1) is 30.2 Å². The average Bonchev–Trinajstić information content (AvgIpc) is 3.31. The van der Waals surface area contributed by atoms with Crippen molar-refractivity contribution >= 4 is 16.9 Å². The predicted molar refractivity (Wildman–Crippen MR) is 133 cm³/mol. The second-order valence-electron chi connectivity index (χ2n) is 9.44. The van der Waals surface area contributed by atoms with Crippen molar-refractivity contribution in [1.29, 1.82) is 0 Å². The maximum absolute atomic E-state index is 14.1. The lowest BCUT2D eigenvalue weighted by Crippen LogP contribution is -2.39. The lowest BCUT2D eigenvalue weighted by Gasteiger charge is -2.33. The van der Waals surface area contributed by atoms with Gasteiger partial charge >= 0.3 is 0 Å². The highest BCUT2D eigenvalue weighted by atomic mass is 19.1. The van der Waals surface area contributed by atoms with Crippen LogP contribution in [-0.2, 0) is 17.4 Å². The highest BCUT2D eigenvalue weighted by Gasteiger charge is 2.28. The van der Waals surface area contributed by atoms with Gasteiger partial charge in [0.15, 0.2) is 17.4 Å².